The summed E-state index contributed by atoms with van der Waals surface area (Å²) in [5.41, 5.74) is 1.88. The van der Waals surface area contributed by atoms with Gasteiger partial charge in [0.15, 0.2) is 0 Å². The molecule has 0 saturated heterocycles. The van der Waals surface area contributed by atoms with Crippen molar-refractivity contribution in [3.8, 4) is 11.5 Å². The minimum absolute atomic E-state index is 0.0932. The molecular weight excluding hydrogens is 368 g/mol. The minimum Gasteiger partial charge on any atom is -0.497 e. The van der Waals surface area contributed by atoms with Gasteiger partial charge in [0.1, 0.15) is 18.1 Å². The maximum atomic E-state index is 12.1. The minimum atomic E-state index is -3.76. The van der Waals surface area contributed by atoms with E-state index in [1.807, 2.05) is 38.1 Å². The predicted octanol–water partition coefficient (Wildman–Crippen LogP) is 3.71. The largest absolute Gasteiger partial charge is 0.497 e. The van der Waals surface area contributed by atoms with Crippen LogP contribution in [-0.2, 0) is 25.6 Å². The van der Waals surface area contributed by atoms with Crippen LogP contribution in [0.3, 0.4) is 0 Å². The number of hydrogen-bond acceptors (Lipinski definition) is 6. The molecule has 6 nitrogen and oxygen atoms in total. The summed E-state index contributed by atoms with van der Waals surface area (Å²) in [7, 11) is -2.13. The summed E-state index contributed by atoms with van der Waals surface area (Å²) >= 11 is 0. The van der Waals surface area contributed by atoms with Gasteiger partial charge in [-0.25, -0.2) is 0 Å². The van der Waals surface area contributed by atoms with E-state index in [-0.39, 0.29) is 11.5 Å². The van der Waals surface area contributed by atoms with E-state index in [2.05, 4.69) is 0 Å². The monoisotopic (exact) mass is 394 g/mol. The summed E-state index contributed by atoms with van der Waals surface area (Å²) in [5, 5.41) is 0. The van der Waals surface area contributed by atoms with Crippen molar-refractivity contribution in [3.05, 3.63) is 53.6 Å². The highest BCUT2D eigenvalue weighted by atomic mass is 32.2. The standard InChI is InChI=1S/C20H26O6S/c1-4-11-26-27(21,22)19-10-5-16(2)20(14-19)25-13-12-24-15-17-6-8-18(23-3)9-7-17/h5-10,14H,4,11-13,15H2,1-3H3. The van der Waals surface area contributed by atoms with Crippen molar-refractivity contribution in [2.75, 3.05) is 26.9 Å². The molecule has 0 aliphatic carbocycles. The molecule has 0 unspecified atom stereocenters. The molecule has 2 rings (SSSR count). The smallest absolute Gasteiger partial charge is 0.297 e. The molecule has 2 aromatic rings. The Labute approximate surface area is 161 Å². The molecule has 0 fully saturated rings. The molecule has 0 spiro atoms. The first-order chi connectivity index (χ1) is 13.0. The molecule has 2 aromatic carbocycles. The van der Waals surface area contributed by atoms with Crippen LogP contribution < -0.4 is 9.47 Å². The van der Waals surface area contributed by atoms with Crippen LogP contribution in [-0.4, -0.2) is 35.3 Å². The van der Waals surface area contributed by atoms with Gasteiger partial charge in [-0.05, 0) is 42.7 Å². The summed E-state index contributed by atoms with van der Waals surface area (Å²) in [5.74, 6) is 1.31. The Balaban J connectivity index is 1.85. The average molecular weight is 394 g/mol. The Morgan fingerprint density at radius 2 is 1.70 bits per heavy atom. The van der Waals surface area contributed by atoms with Gasteiger partial charge in [-0.1, -0.05) is 25.1 Å². The number of hydrogen-bond donors (Lipinski definition) is 0. The third-order valence-corrected chi connectivity index (χ3v) is 5.11. The molecule has 0 saturated carbocycles. The SMILES string of the molecule is CCCOS(=O)(=O)c1ccc(C)c(OCCOCc2ccc(OC)cc2)c1. The average Bonchev–Trinajstić information content (AvgIpc) is 2.67. The van der Waals surface area contributed by atoms with Gasteiger partial charge < -0.3 is 14.2 Å². The van der Waals surface area contributed by atoms with Crippen LogP contribution in [0.1, 0.15) is 24.5 Å². The van der Waals surface area contributed by atoms with Crippen LogP contribution in [0.5, 0.6) is 11.5 Å². The zero-order valence-electron chi connectivity index (χ0n) is 15.9. The maximum absolute atomic E-state index is 12.1. The van der Waals surface area contributed by atoms with Crippen LogP contribution in [0.2, 0.25) is 0 Å². The van der Waals surface area contributed by atoms with Crippen LogP contribution in [0.25, 0.3) is 0 Å². The summed E-state index contributed by atoms with van der Waals surface area (Å²) in [4.78, 5) is 0.0932. The van der Waals surface area contributed by atoms with Crippen LogP contribution >= 0.6 is 0 Å². The van der Waals surface area contributed by atoms with E-state index in [4.69, 9.17) is 18.4 Å². The molecule has 0 aliphatic rings. The highest BCUT2D eigenvalue weighted by Crippen LogP contribution is 2.24. The van der Waals surface area contributed by atoms with Crippen molar-refractivity contribution in [2.24, 2.45) is 0 Å². The summed E-state index contributed by atoms with van der Waals surface area (Å²) in [6.45, 7) is 5.03. The first kappa shape index (κ1) is 21.2. The second kappa shape index (κ2) is 10.3. The van der Waals surface area contributed by atoms with E-state index >= 15 is 0 Å². The van der Waals surface area contributed by atoms with E-state index in [1.54, 1.807) is 13.2 Å². The van der Waals surface area contributed by atoms with Crippen molar-refractivity contribution in [1.82, 2.24) is 0 Å². The van der Waals surface area contributed by atoms with Crippen molar-refractivity contribution < 1.29 is 26.8 Å². The first-order valence-corrected chi connectivity index (χ1v) is 10.2. The van der Waals surface area contributed by atoms with E-state index in [1.165, 1.54) is 12.1 Å². The van der Waals surface area contributed by atoms with Crippen molar-refractivity contribution in [1.29, 1.82) is 0 Å². The van der Waals surface area contributed by atoms with E-state index in [0.29, 0.717) is 32.0 Å². The third kappa shape index (κ3) is 6.53. The van der Waals surface area contributed by atoms with Gasteiger partial charge in [0.05, 0.1) is 31.8 Å². The van der Waals surface area contributed by atoms with E-state index < -0.39 is 10.1 Å². The lowest BCUT2D eigenvalue weighted by molar-refractivity contribution is 0.0886. The maximum Gasteiger partial charge on any atom is 0.297 e. The molecule has 0 heterocycles. The van der Waals surface area contributed by atoms with Gasteiger partial charge in [-0.2, -0.15) is 8.42 Å². The van der Waals surface area contributed by atoms with Gasteiger partial charge in [0, 0.05) is 6.07 Å². The Kier molecular flexibility index (Phi) is 8.09. The van der Waals surface area contributed by atoms with Crippen LogP contribution in [0.4, 0.5) is 0 Å². The molecule has 0 amide bonds. The Hall–Kier alpha value is -2.09. The van der Waals surface area contributed by atoms with E-state index in [0.717, 1.165) is 16.9 Å². The molecule has 0 aliphatic heterocycles. The highest BCUT2D eigenvalue weighted by Gasteiger charge is 2.16. The fourth-order valence-electron chi connectivity index (χ4n) is 2.27. The van der Waals surface area contributed by atoms with Gasteiger partial charge in [0.2, 0.25) is 0 Å². The molecule has 0 radical (unpaired) electrons. The summed E-state index contributed by atoms with van der Waals surface area (Å²) < 4.78 is 45.6. The van der Waals surface area contributed by atoms with Crippen LogP contribution in [0, 0.1) is 6.92 Å². The van der Waals surface area contributed by atoms with E-state index in [9.17, 15) is 8.42 Å². The summed E-state index contributed by atoms with van der Waals surface area (Å²) in [6.07, 6.45) is 0.625. The second-order valence-corrected chi connectivity index (χ2v) is 7.57. The lowest BCUT2D eigenvalue weighted by atomic mass is 10.2. The van der Waals surface area contributed by atoms with Crippen molar-refractivity contribution in [3.63, 3.8) is 0 Å². The molecule has 0 N–H and O–H groups in total. The molecule has 27 heavy (non-hydrogen) atoms. The van der Waals surface area contributed by atoms with Crippen molar-refractivity contribution >= 4 is 10.1 Å². The molecule has 0 aromatic heterocycles. The zero-order valence-corrected chi connectivity index (χ0v) is 16.8. The molecule has 0 bridgehead atoms. The van der Waals surface area contributed by atoms with Gasteiger partial charge >= 0.3 is 0 Å². The van der Waals surface area contributed by atoms with Gasteiger partial charge in [-0.15, -0.1) is 0 Å². The fourth-order valence-corrected chi connectivity index (χ4v) is 3.28. The predicted molar refractivity (Wildman–Crippen MR) is 103 cm³/mol. The third-order valence-electron chi connectivity index (χ3n) is 3.80. The molecule has 7 heteroatoms. The first-order valence-electron chi connectivity index (χ1n) is 8.80. The van der Waals surface area contributed by atoms with Gasteiger partial charge in [0.25, 0.3) is 10.1 Å². The fraction of sp³-hybridized carbons (Fsp3) is 0.400. The normalized spacial score (nSPS) is 11.4. The van der Waals surface area contributed by atoms with Crippen LogP contribution in [0.15, 0.2) is 47.4 Å². The number of rotatable bonds is 11. The summed E-state index contributed by atoms with van der Waals surface area (Å²) in [6, 6.07) is 12.4. The Morgan fingerprint density at radius 3 is 2.37 bits per heavy atom. The van der Waals surface area contributed by atoms with Crippen molar-refractivity contribution in [2.45, 2.75) is 31.8 Å². The Bertz CT molecular complexity index is 815. The highest BCUT2D eigenvalue weighted by molar-refractivity contribution is 7.86. The topological polar surface area (TPSA) is 71.1 Å². The number of methoxy groups -OCH3 is 1. The quantitative estimate of drug-likeness (QED) is 0.427. The lowest BCUT2D eigenvalue weighted by Gasteiger charge is -2.12. The molecule has 0 atom stereocenters. The second-order valence-electron chi connectivity index (χ2n) is 5.95. The number of ether oxygens (including phenoxy) is 3. The molecular formula is C20H26O6S. The Morgan fingerprint density at radius 1 is 0.963 bits per heavy atom. The number of aryl methyl sites for hydroxylation is 1. The zero-order chi connectivity index (χ0) is 19.7. The van der Waals surface area contributed by atoms with Gasteiger partial charge in [-0.3, -0.25) is 4.18 Å². The number of benzene rings is 2. The lowest BCUT2D eigenvalue weighted by Crippen LogP contribution is -2.10. The molecule has 148 valence electrons.